The topological polar surface area (TPSA) is 69.7 Å². The van der Waals surface area contributed by atoms with E-state index in [1.54, 1.807) is 6.92 Å². The number of carbonyl (C=O) groups excluding carboxylic acids is 1. The van der Waals surface area contributed by atoms with Crippen LogP contribution >= 0.6 is 0 Å². The van der Waals surface area contributed by atoms with Crippen molar-refractivity contribution < 1.29 is 13.2 Å². The van der Waals surface area contributed by atoms with Gasteiger partial charge in [-0.25, -0.2) is 8.42 Å². The van der Waals surface area contributed by atoms with Crippen LogP contribution in [-0.2, 0) is 14.6 Å². The number of carbonyl (C=O) groups is 1. The molecule has 0 radical (unpaired) electrons. The van der Waals surface area contributed by atoms with Crippen molar-refractivity contribution in [1.29, 1.82) is 0 Å². The maximum absolute atomic E-state index is 11.7. The summed E-state index contributed by atoms with van der Waals surface area (Å²) in [5.74, 6) is -0.704. The number of amides is 1. The summed E-state index contributed by atoms with van der Waals surface area (Å²) in [5, 5.41) is 2.72. The van der Waals surface area contributed by atoms with Crippen molar-refractivity contribution in [1.82, 2.24) is 10.2 Å². The number of nitrogens with one attached hydrogen (secondary N) is 1. The molecule has 0 aliphatic carbocycles. The number of anilines is 1. The van der Waals surface area contributed by atoms with Gasteiger partial charge in [0, 0.05) is 38.4 Å². The Morgan fingerprint density at radius 3 is 2.58 bits per heavy atom. The molecule has 1 aliphatic heterocycles. The van der Waals surface area contributed by atoms with Crippen LogP contribution in [0.5, 0.6) is 0 Å². The van der Waals surface area contributed by atoms with Crippen LogP contribution in [0.25, 0.3) is 0 Å². The van der Waals surface area contributed by atoms with Crippen molar-refractivity contribution in [2.75, 3.05) is 55.7 Å². The number of sulfone groups is 1. The maximum atomic E-state index is 11.7. The van der Waals surface area contributed by atoms with E-state index in [4.69, 9.17) is 0 Å². The molecule has 26 heavy (non-hydrogen) atoms. The van der Waals surface area contributed by atoms with Crippen LogP contribution in [-0.4, -0.2) is 70.0 Å². The highest BCUT2D eigenvalue weighted by Crippen LogP contribution is 2.17. The molecule has 1 heterocycles. The maximum Gasteiger partial charge on any atom is 0.235 e. The van der Waals surface area contributed by atoms with Crippen LogP contribution in [0.3, 0.4) is 0 Å². The van der Waals surface area contributed by atoms with Crippen molar-refractivity contribution in [2.45, 2.75) is 26.7 Å². The molecular weight excluding hydrogens is 350 g/mol. The Morgan fingerprint density at radius 2 is 1.92 bits per heavy atom. The first-order valence-electron chi connectivity index (χ1n) is 9.41. The molecule has 1 aromatic rings. The largest absolute Gasteiger partial charge is 0.369 e. The number of aryl methyl sites for hydroxylation is 1. The van der Waals surface area contributed by atoms with Crippen LogP contribution in [0.1, 0.15) is 25.3 Å². The molecule has 0 unspecified atom stereocenters. The monoisotopic (exact) mass is 381 g/mol. The summed E-state index contributed by atoms with van der Waals surface area (Å²) in [6.45, 7) is 9.38. The molecule has 1 amide bonds. The van der Waals surface area contributed by atoms with Gasteiger partial charge >= 0.3 is 0 Å². The van der Waals surface area contributed by atoms with Crippen LogP contribution in [0.4, 0.5) is 5.69 Å². The minimum atomic E-state index is -3.25. The molecule has 1 aromatic carbocycles. The first-order chi connectivity index (χ1) is 12.4. The van der Waals surface area contributed by atoms with E-state index < -0.39 is 15.6 Å². The van der Waals surface area contributed by atoms with E-state index in [-0.39, 0.29) is 11.7 Å². The van der Waals surface area contributed by atoms with Gasteiger partial charge in [-0.2, -0.15) is 0 Å². The molecule has 1 aliphatic rings. The van der Waals surface area contributed by atoms with E-state index in [0.717, 1.165) is 39.1 Å². The van der Waals surface area contributed by atoms with Crippen molar-refractivity contribution in [3.63, 3.8) is 0 Å². The third kappa shape index (κ3) is 6.96. The fraction of sp³-hybridized carbons (Fsp3) is 0.632. The van der Waals surface area contributed by atoms with E-state index in [1.807, 2.05) is 0 Å². The molecule has 1 saturated heterocycles. The molecule has 0 saturated carbocycles. The fourth-order valence-corrected chi connectivity index (χ4v) is 4.49. The van der Waals surface area contributed by atoms with Gasteiger partial charge in [0.2, 0.25) is 5.91 Å². The summed E-state index contributed by atoms with van der Waals surface area (Å²) in [4.78, 5) is 16.5. The number of hydrogen-bond acceptors (Lipinski definition) is 5. The van der Waals surface area contributed by atoms with Gasteiger partial charge in [0.15, 0.2) is 9.84 Å². The smallest absolute Gasteiger partial charge is 0.235 e. The molecule has 146 valence electrons. The third-order valence-electron chi connectivity index (χ3n) is 4.58. The predicted molar refractivity (Wildman–Crippen MR) is 106 cm³/mol. The summed E-state index contributed by atoms with van der Waals surface area (Å²) in [6.07, 6.45) is 1.38. The lowest BCUT2D eigenvalue weighted by Crippen LogP contribution is -2.47. The molecule has 1 fully saturated rings. The van der Waals surface area contributed by atoms with Crippen LogP contribution in [0, 0.1) is 6.92 Å². The van der Waals surface area contributed by atoms with E-state index in [0.29, 0.717) is 13.0 Å². The summed E-state index contributed by atoms with van der Waals surface area (Å²) in [7, 11) is -3.25. The molecule has 2 rings (SSSR count). The molecule has 6 nitrogen and oxygen atoms in total. The van der Waals surface area contributed by atoms with Gasteiger partial charge in [-0.15, -0.1) is 0 Å². The van der Waals surface area contributed by atoms with Gasteiger partial charge in [-0.1, -0.05) is 19.1 Å². The fourth-order valence-electron chi connectivity index (χ4n) is 3.22. The quantitative estimate of drug-likeness (QED) is 0.656. The Labute approximate surface area is 157 Å². The average molecular weight is 382 g/mol. The normalized spacial score (nSPS) is 15.8. The zero-order valence-corrected chi connectivity index (χ0v) is 16.7. The van der Waals surface area contributed by atoms with Crippen LogP contribution < -0.4 is 10.2 Å². The zero-order chi connectivity index (χ0) is 19.0. The molecule has 0 bridgehead atoms. The Hall–Kier alpha value is -1.60. The van der Waals surface area contributed by atoms with Gasteiger partial charge in [0.25, 0.3) is 0 Å². The predicted octanol–water partition coefficient (Wildman–Crippen LogP) is 1.45. The summed E-state index contributed by atoms with van der Waals surface area (Å²) >= 11 is 0. The molecule has 0 spiro atoms. The second kappa shape index (κ2) is 9.92. The molecule has 7 heteroatoms. The SMILES string of the molecule is CCCS(=O)(=O)CC(=O)NCCCN1CCN(c2cccc(C)c2)CC1. The van der Waals surface area contributed by atoms with Gasteiger partial charge in [-0.3, -0.25) is 9.69 Å². The molecular formula is C19H31N3O3S. The van der Waals surface area contributed by atoms with Gasteiger partial charge in [-0.05, 0) is 44.0 Å². The first kappa shape index (κ1) is 20.7. The van der Waals surface area contributed by atoms with Crippen molar-refractivity contribution in [3.8, 4) is 0 Å². The number of rotatable bonds is 9. The molecule has 0 atom stereocenters. The number of nitrogens with zero attached hydrogens (tertiary/aromatic N) is 2. The second-order valence-electron chi connectivity index (χ2n) is 6.96. The van der Waals surface area contributed by atoms with Gasteiger partial charge in [0.05, 0.1) is 5.75 Å². The van der Waals surface area contributed by atoms with E-state index in [9.17, 15) is 13.2 Å². The Kier molecular flexibility index (Phi) is 7.90. The van der Waals surface area contributed by atoms with Crippen molar-refractivity contribution >= 4 is 21.4 Å². The second-order valence-corrected chi connectivity index (χ2v) is 9.15. The third-order valence-corrected chi connectivity index (χ3v) is 6.31. The summed E-state index contributed by atoms with van der Waals surface area (Å²) in [6, 6.07) is 8.59. The molecule has 1 N–H and O–H groups in total. The highest BCUT2D eigenvalue weighted by Gasteiger charge is 2.18. The van der Waals surface area contributed by atoms with E-state index in [1.165, 1.54) is 11.3 Å². The van der Waals surface area contributed by atoms with E-state index in [2.05, 4.69) is 46.3 Å². The Balaban J connectivity index is 1.62. The standard InChI is InChI=1S/C19H31N3O3S/c1-3-14-26(24,25)16-19(23)20-8-5-9-21-10-12-22(13-11-21)18-7-4-6-17(2)15-18/h4,6-7,15H,3,5,8-14,16H2,1-2H3,(H,20,23). The van der Waals surface area contributed by atoms with Gasteiger partial charge < -0.3 is 10.2 Å². The highest BCUT2D eigenvalue weighted by molar-refractivity contribution is 7.92. The lowest BCUT2D eigenvalue weighted by Gasteiger charge is -2.36. The van der Waals surface area contributed by atoms with Crippen molar-refractivity contribution in [3.05, 3.63) is 29.8 Å². The summed E-state index contributed by atoms with van der Waals surface area (Å²) < 4.78 is 23.2. The lowest BCUT2D eigenvalue weighted by atomic mass is 10.2. The highest BCUT2D eigenvalue weighted by atomic mass is 32.2. The van der Waals surface area contributed by atoms with E-state index >= 15 is 0 Å². The minimum absolute atomic E-state index is 0.0750. The minimum Gasteiger partial charge on any atom is -0.369 e. The van der Waals surface area contributed by atoms with Crippen molar-refractivity contribution in [2.24, 2.45) is 0 Å². The first-order valence-corrected chi connectivity index (χ1v) is 11.2. The number of hydrogen-bond donors (Lipinski definition) is 1. The van der Waals surface area contributed by atoms with Gasteiger partial charge in [0.1, 0.15) is 5.75 Å². The Bertz CT molecular complexity index is 683. The van der Waals surface area contributed by atoms with Crippen LogP contribution in [0.15, 0.2) is 24.3 Å². The summed E-state index contributed by atoms with van der Waals surface area (Å²) in [5.41, 5.74) is 2.56. The lowest BCUT2D eigenvalue weighted by molar-refractivity contribution is -0.118. The van der Waals surface area contributed by atoms with Crippen LogP contribution in [0.2, 0.25) is 0 Å². The average Bonchev–Trinajstić information content (AvgIpc) is 2.59. The zero-order valence-electron chi connectivity index (χ0n) is 15.9. The number of piperazine rings is 1. The Morgan fingerprint density at radius 1 is 1.19 bits per heavy atom. The molecule has 0 aromatic heterocycles. The number of benzene rings is 1.